The Kier molecular flexibility index (Phi) is 7.43. The molecule has 1 aliphatic heterocycles. The number of aryl methyl sites for hydroxylation is 1. The second-order valence-electron chi connectivity index (χ2n) is 9.13. The van der Waals surface area contributed by atoms with Crippen LogP contribution in [-0.4, -0.2) is 29.8 Å². The van der Waals surface area contributed by atoms with Crippen molar-refractivity contribution in [3.63, 3.8) is 0 Å². The number of rotatable bonds is 5. The van der Waals surface area contributed by atoms with E-state index in [1.54, 1.807) is 54.3 Å². The number of nitrogens with zero attached hydrogens (tertiary/aromatic N) is 1. The van der Waals surface area contributed by atoms with Crippen molar-refractivity contribution in [2.45, 2.75) is 32.0 Å². The molecule has 0 saturated carbocycles. The number of benzene rings is 3. The number of amides is 2. The molecule has 1 N–H and O–H groups in total. The van der Waals surface area contributed by atoms with Crippen molar-refractivity contribution in [2.24, 2.45) is 5.92 Å². The van der Waals surface area contributed by atoms with Gasteiger partial charge >= 0.3 is 6.18 Å². The molecule has 2 atom stereocenters. The highest BCUT2D eigenvalue weighted by atomic mass is 19.4. The fraction of sp³-hybridized carbons (Fsp3) is 0.286. The first kappa shape index (κ1) is 25.4. The molecule has 4 nitrogen and oxygen atoms in total. The van der Waals surface area contributed by atoms with Gasteiger partial charge in [0.15, 0.2) is 0 Å². The maximum atomic E-state index is 13.9. The molecule has 3 aromatic rings. The van der Waals surface area contributed by atoms with Crippen LogP contribution < -0.4 is 5.32 Å². The highest BCUT2D eigenvalue weighted by Crippen LogP contribution is 2.33. The summed E-state index contributed by atoms with van der Waals surface area (Å²) >= 11 is 0. The van der Waals surface area contributed by atoms with Gasteiger partial charge in [0.2, 0.25) is 5.91 Å². The molecule has 0 aliphatic carbocycles. The smallest absolute Gasteiger partial charge is 0.352 e. The van der Waals surface area contributed by atoms with Gasteiger partial charge in [-0.15, -0.1) is 0 Å². The third kappa shape index (κ3) is 5.93. The van der Waals surface area contributed by atoms with Crippen LogP contribution in [-0.2, 0) is 17.5 Å². The van der Waals surface area contributed by atoms with Gasteiger partial charge in [0.1, 0.15) is 5.82 Å². The molecular formula is C28H26F4N2O2. The summed E-state index contributed by atoms with van der Waals surface area (Å²) in [7, 11) is 0. The lowest BCUT2D eigenvalue weighted by atomic mass is 9.83. The number of nitrogens with one attached hydrogen (secondary N) is 1. The number of carbonyl (C=O) groups excluding carboxylic acids is 2. The highest BCUT2D eigenvalue weighted by Gasteiger charge is 2.35. The quantitative estimate of drug-likeness (QED) is 0.458. The van der Waals surface area contributed by atoms with E-state index < -0.39 is 17.7 Å². The van der Waals surface area contributed by atoms with Gasteiger partial charge in [-0.3, -0.25) is 9.59 Å². The molecule has 0 spiro atoms. The first-order valence-electron chi connectivity index (χ1n) is 11.7. The van der Waals surface area contributed by atoms with E-state index in [0.717, 1.165) is 17.7 Å². The van der Waals surface area contributed by atoms with E-state index in [4.69, 9.17) is 0 Å². The van der Waals surface area contributed by atoms with Crippen molar-refractivity contribution in [1.29, 1.82) is 0 Å². The second-order valence-corrected chi connectivity index (χ2v) is 9.13. The maximum Gasteiger partial charge on any atom is 0.416 e. The molecule has 8 heteroatoms. The molecule has 0 aromatic heterocycles. The highest BCUT2D eigenvalue weighted by molar-refractivity contribution is 5.94. The summed E-state index contributed by atoms with van der Waals surface area (Å²) in [4.78, 5) is 28.0. The van der Waals surface area contributed by atoms with E-state index >= 15 is 0 Å². The van der Waals surface area contributed by atoms with Crippen LogP contribution in [0, 0.1) is 18.7 Å². The predicted molar refractivity (Wildman–Crippen MR) is 128 cm³/mol. The fourth-order valence-corrected chi connectivity index (χ4v) is 4.57. The molecular weight excluding hydrogens is 472 g/mol. The minimum Gasteiger partial charge on any atom is -0.352 e. The Morgan fingerprint density at radius 3 is 2.42 bits per heavy atom. The van der Waals surface area contributed by atoms with Gasteiger partial charge in [0, 0.05) is 31.1 Å². The molecule has 1 aliphatic rings. The summed E-state index contributed by atoms with van der Waals surface area (Å²) in [5.41, 5.74) is 1.35. The van der Waals surface area contributed by atoms with E-state index in [2.05, 4.69) is 5.32 Å². The molecule has 2 unspecified atom stereocenters. The molecule has 0 bridgehead atoms. The molecule has 1 saturated heterocycles. The van der Waals surface area contributed by atoms with Crippen molar-refractivity contribution in [3.8, 4) is 0 Å². The SMILES string of the molecule is Cc1cc(C2CC(C(=O)NCc3cccc(C(F)(F)F)c3)CN(C(=O)c3ccccc3)C2)ccc1F. The maximum absolute atomic E-state index is 13.9. The number of hydrogen-bond donors (Lipinski definition) is 1. The number of piperidine rings is 1. The van der Waals surface area contributed by atoms with Crippen molar-refractivity contribution in [3.05, 3.63) is 106 Å². The number of likely N-dealkylation sites (tertiary alicyclic amines) is 1. The molecule has 4 rings (SSSR count). The molecule has 188 valence electrons. The van der Waals surface area contributed by atoms with Gasteiger partial charge in [0.05, 0.1) is 11.5 Å². The minimum atomic E-state index is -4.47. The lowest BCUT2D eigenvalue weighted by molar-refractivity contribution is -0.137. The largest absolute Gasteiger partial charge is 0.416 e. The summed E-state index contributed by atoms with van der Waals surface area (Å²) in [6.45, 7) is 2.15. The van der Waals surface area contributed by atoms with Gasteiger partial charge < -0.3 is 10.2 Å². The summed E-state index contributed by atoms with van der Waals surface area (Å²) in [5.74, 6) is -1.67. The van der Waals surface area contributed by atoms with E-state index in [1.165, 1.54) is 18.2 Å². The molecule has 2 amide bonds. The summed E-state index contributed by atoms with van der Waals surface area (Å²) in [6, 6.07) is 18.3. The van der Waals surface area contributed by atoms with Crippen LogP contribution in [0.4, 0.5) is 17.6 Å². The Hall–Kier alpha value is -3.68. The van der Waals surface area contributed by atoms with E-state index in [-0.39, 0.29) is 36.6 Å². The zero-order valence-corrected chi connectivity index (χ0v) is 19.7. The van der Waals surface area contributed by atoms with E-state index in [0.29, 0.717) is 29.7 Å². The van der Waals surface area contributed by atoms with Crippen LogP contribution in [0.15, 0.2) is 72.8 Å². The van der Waals surface area contributed by atoms with Crippen LogP contribution in [0.25, 0.3) is 0 Å². The second kappa shape index (κ2) is 10.5. The zero-order valence-electron chi connectivity index (χ0n) is 19.7. The van der Waals surface area contributed by atoms with Crippen LogP contribution in [0.1, 0.15) is 45.0 Å². The lowest BCUT2D eigenvalue weighted by Gasteiger charge is -2.37. The average Bonchev–Trinajstić information content (AvgIpc) is 2.88. The van der Waals surface area contributed by atoms with Gasteiger partial charge in [0.25, 0.3) is 5.91 Å². The molecule has 0 radical (unpaired) electrons. The normalized spacial score (nSPS) is 18.1. The Morgan fingerprint density at radius 1 is 0.972 bits per heavy atom. The van der Waals surface area contributed by atoms with Crippen LogP contribution in [0.5, 0.6) is 0 Å². The molecule has 3 aromatic carbocycles. The van der Waals surface area contributed by atoms with E-state index in [1.807, 2.05) is 0 Å². The number of carbonyl (C=O) groups is 2. The van der Waals surface area contributed by atoms with Gasteiger partial charge in [-0.05, 0) is 60.4 Å². The third-order valence-electron chi connectivity index (χ3n) is 6.50. The Morgan fingerprint density at radius 2 is 1.72 bits per heavy atom. The standard InChI is InChI=1S/C28H26F4N2O2/c1-18-12-21(10-11-25(18)29)22-14-23(17-34(16-22)27(36)20-7-3-2-4-8-20)26(35)33-15-19-6-5-9-24(13-19)28(30,31)32/h2-13,22-23H,14-17H2,1H3,(H,33,35). The first-order chi connectivity index (χ1) is 17.1. The lowest BCUT2D eigenvalue weighted by Crippen LogP contribution is -2.48. The minimum absolute atomic E-state index is 0.0633. The first-order valence-corrected chi connectivity index (χ1v) is 11.7. The Bertz CT molecular complexity index is 1240. The third-order valence-corrected chi connectivity index (χ3v) is 6.50. The summed E-state index contributed by atoms with van der Waals surface area (Å²) in [5, 5.41) is 2.73. The van der Waals surface area contributed by atoms with Crippen LogP contribution in [0.2, 0.25) is 0 Å². The summed E-state index contributed by atoms with van der Waals surface area (Å²) in [6.07, 6.45) is -4.04. The Balaban J connectivity index is 1.53. The monoisotopic (exact) mass is 498 g/mol. The van der Waals surface area contributed by atoms with Gasteiger partial charge in [-0.25, -0.2) is 4.39 Å². The van der Waals surface area contributed by atoms with Crippen molar-refractivity contribution >= 4 is 11.8 Å². The van der Waals surface area contributed by atoms with Gasteiger partial charge in [-0.1, -0.05) is 42.5 Å². The van der Waals surface area contributed by atoms with Crippen molar-refractivity contribution in [1.82, 2.24) is 10.2 Å². The predicted octanol–water partition coefficient (Wildman–Crippen LogP) is 5.72. The van der Waals surface area contributed by atoms with Crippen molar-refractivity contribution < 1.29 is 27.2 Å². The average molecular weight is 499 g/mol. The topological polar surface area (TPSA) is 49.4 Å². The molecule has 36 heavy (non-hydrogen) atoms. The Labute approximate surface area is 206 Å². The number of hydrogen-bond acceptors (Lipinski definition) is 2. The van der Waals surface area contributed by atoms with Crippen LogP contribution in [0.3, 0.4) is 0 Å². The number of alkyl halides is 3. The van der Waals surface area contributed by atoms with Gasteiger partial charge in [-0.2, -0.15) is 13.2 Å². The zero-order chi connectivity index (χ0) is 25.9. The number of halogens is 4. The molecule has 1 heterocycles. The fourth-order valence-electron chi connectivity index (χ4n) is 4.57. The van der Waals surface area contributed by atoms with Crippen LogP contribution >= 0.6 is 0 Å². The van der Waals surface area contributed by atoms with Crippen molar-refractivity contribution in [2.75, 3.05) is 13.1 Å². The molecule has 1 fully saturated rings. The van der Waals surface area contributed by atoms with E-state index in [9.17, 15) is 27.2 Å². The summed E-state index contributed by atoms with van der Waals surface area (Å²) < 4.78 is 52.9.